The highest BCUT2D eigenvalue weighted by Gasteiger charge is 2.43. The SMILES string of the molecule is CCCCCC(=O)OCC1(C)CN(c2ccccc2)NC1=O. The minimum absolute atomic E-state index is 0.113. The Bertz CT molecular complexity index is 518. The van der Waals surface area contributed by atoms with Crippen molar-refractivity contribution in [3.8, 4) is 0 Å². The zero-order valence-corrected chi connectivity index (χ0v) is 13.3. The monoisotopic (exact) mass is 304 g/mol. The second-order valence-corrected chi connectivity index (χ2v) is 6.04. The quantitative estimate of drug-likeness (QED) is 0.621. The molecule has 0 aliphatic carbocycles. The van der Waals surface area contributed by atoms with Crippen LogP contribution in [0.1, 0.15) is 39.5 Å². The molecule has 5 heteroatoms. The number of benzene rings is 1. The molecule has 1 unspecified atom stereocenters. The first-order valence-corrected chi connectivity index (χ1v) is 7.84. The summed E-state index contributed by atoms with van der Waals surface area (Å²) in [5.41, 5.74) is 3.05. The number of amides is 1. The van der Waals surface area contributed by atoms with Crippen molar-refractivity contribution in [2.75, 3.05) is 18.2 Å². The number of hydrogen-bond donors (Lipinski definition) is 1. The van der Waals surface area contributed by atoms with Crippen LogP contribution in [0.5, 0.6) is 0 Å². The maximum atomic E-state index is 12.2. The molecule has 0 spiro atoms. The van der Waals surface area contributed by atoms with Crippen molar-refractivity contribution in [3.63, 3.8) is 0 Å². The van der Waals surface area contributed by atoms with Gasteiger partial charge in [-0.3, -0.25) is 20.0 Å². The molecule has 1 aliphatic heterocycles. The van der Waals surface area contributed by atoms with Crippen LogP contribution in [-0.4, -0.2) is 25.0 Å². The number of carbonyl (C=O) groups is 2. The van der Waals surface area contributed by atoms with Crippen molar-refractivity contribution in [1.82, 2.24) is 5.43 Å². The van der Waals surface area contributed by atoms with Crippen molar-refractivity contribution in [1.29, 1.82) is 0 Å². The maximum Gasteiger partial charge on any atom is 0.305 e. The van der Waals surface area contributed by atoms with Gasteiger partial charge in [0.1, 0.15) is 12.0 Å². The van der Waals surface area contributed by atoms with E-state index in [1.165, 1.54) is 0 Å². The Balaban J connectivity index is 1.88. The molecule has 2 rings (SSSR count). The Hall–Kier alpha value is -2.04. The van der Waals surface area contributed by atoms with Gasteiger partial charge in [0, 0.05) is 6.42 Å². The molecule has 1 aromatic carbocycles. The third-order valence-electron chi connectivity index (χ3n) is 3.90. The molecule has 0 saturated carbocycles. The predicted molar refractivity (Wildman–Crippen MR) is 85.1 cm³/mol. The van der Waals surface area contributed by atoms with Crippen LogP contribution in [-0.2, 0) is 14.3 Å². The molecule has 0 radical (unpaired) electrons. The van der Waals surface area contributed by atoms with Gasteiger partial charge in [-0.05, 0) is 25.5 Å². The van der Waals surface area contributed by atoms with E-state index in [-0.39, 0.29) is 18.5 Å². The lowest BCUT2D eigenvalue weighted by molar-refractivity contribution is -0.148. The number of para-hydroxylation sites is 1. The average molecular weight is 304 g/mol. The van der Waals surface area contributed by atoms with E-state index >= 15 is 0 Å². The molecular weight excluding hydrogens is 280 g/mol. The fourth-order valence-electron chi connectivity index (χ4n) is 2.42. The summed E-state index contributed by atoms with van der Waals surface area (Å²) in [6.45, 7) is 4.52. The zero-order valence-electron chi connectivity index (χ0n) is 13.3. The number of hydrogen-bond acceptors (Lipinski definition) is 4. The van der Waals surface area contributed by atoms with Crippen LogP contribution in [0, 0.1) is 5.41 Å². The Morgan fingerprint density at radius 1 is 1.32 bits per heavy atom. The molecule has 1 fully saturated rings. The molecule has 1 atom stereocenters. The van der Waals surface area contributed by atoms with Gasteiger partial charge >= 0.3 is 5.97 Å². The zero-order chi connectivity index (χ0) is 16.0. The first kappa shape index (κ1) is 16.3. The van der Waals surface area contributed by atoms with Crippen LogP contribution < -0.4 is 10.4 Å². The normalized spacial score (nSPS) is 20.8. The van der Waals surface area contributed by atoms with E-state index < -0.39 is 5.41 Å². The molecule has 1 heterocycles. The first-order chi connectivity index (χ1) is 10.5. The number of ether oxygens (including phenoxy) is 1. The molecule has 1 aromatic rings. The summed E-state index contributed by atoms with van der Waals surface area (Å²) in [5.74, 6) is -0.335. The molecule has 0 aromatic heterocycles. The van der Waals surface area contributed by atoms with Crippen LogP contribution in [0.4, 0.5) is 5.69 Å². The summed E-state index contributed by atoms with van der Waals surface area (Å²) in [4.78, 5) is 23.9. The van der Waals surface area contributed by atoms with Gasteiger partial charge < -0.3 is 4.74 Å². The van der Waals surface area contributed by atoms with E-state index in [4.69, 9.17) is 4.74 Å². The number of rotatable bonds is 7. The summed E-state index contributed by atoms with van der Waals surface area (Å²) < 4.78 is 5.30. The highest BCUT2D eigenvalue weighted by Crippen LogP contribution is 2.28. The van der Waals surface area contributed by atoms with Crippen molar-refractivity contribution >= 4 is 17.6 Å². The van der Waals surface area contributed by atoms with Gasteiger partial charge in [-0.25, -0.2) is 0 Å². The van der Waals surface area contributed by atoms with Crippen molar-refractivity contribution in [2.45, 2.75) is 39.5 Å². The van der Waals surface area contributed by atoms with Gasteiger partial charge in [0.15, 0.2) is 0 Å². The van der Waals surface area contributed by atoms with E-state index in [0.717, 1.165) is 24.9 Å². The lowest BCUT2D eigenvalue weighted by Gasteiger charge is -2.21. The van der Waals surface area contributed by atoms with Crippen molar-refractivity contribution in [2.24, 2.45) is 5.41 Å². The average Bonchev–Trinajstić information content (AvgIpc) is 2.83. The third-order valence-corrected chi connectivity index (χ3v) is 3.90. The van der Waals surface area contributed by atoms with E-state index in [1.54, 1.807) is 5.01 Å². The van der Waals surface area contributed by atoms with Gasteiger partial charge in [0.2, 0.25) is 5.91 Å². The van der Waals surface area contributed by atoms with Gasteiger partial charge in [-0.15, -0.1) is 0 Å². The maximum absolute atomic E-state index is 12.2. The third kappa shape index (κ3) is 4.00. The highest BCUT2D eigenvalue weighted by atomic mass is 16.5. The number of nitrogens with one attached hydrogen (secondary N) is 1. The summed E-state index contributed by atoms with van der Waals surface area (Å²) in [6, 6.07) is 9.64. The fourth-order valence-corrected chi connectivity index (χ4v) is 2.42. The van der Waals surface area contributed by atoms with Crippen molar-refractivity contribution in [3.05, 3.63) is 30.3 Å². The first-order valence-electron chi connectivity index (χ1n) is 7.84. The van der Waals surface area contributed by atoms with E-state index in [2.05, 4.69) is 12.3 Å². The summed E-state index contributed by atoms with van der Waals surface area (Å²) in [7, 11) is 0. The number of hydrazine groups is 1. The van der Waals surface area contributed by atoms with Crippen molar-refractivity contribution < 1.29 is 14.3 Å². The summed E-state index contributed by atoms with van der Waals surface area (Å²) >= 11 is 0. The smallest absolute Gasteiger partial charge is 0.305 e. The Morgan fingerprint density at radius 3 is 2.73 bits per heavy atom. The Labute approximate surface area is 131 Å². The van der Waals surface area contributed by atoms with E-state index in [9.17, 15) is 9.59 Å². The number of esters is 1. The minimum atomic E-state index is -0.712. The van der Waals surface area contributed by atoms with Crippen LogP contribution in [0.2, 0.25) is 0 Å². The molecule has 120 valence electrons. The Kier molecular flexibility index (Phi) is 5.41. The number of unbranched alkanes of at least 4 members (excludes halogenated alkanes) is 2. The molecule has 0 bridgehead atoms. The lowest BCUT2D eigenvalue weighted by Crippen LogP contribution is -2.35. The second-order valence-electron chi connectivity index (χ2n) is 6.04. The molecule has 1 N–H and O–H groups in total. The standard InChI is InChI=1S/C17H24N2O3/c1-3-4-6-11-15(20)22-13-17(2)12-19(18-16(17)21)14-9-7-5-8-10-14/h5,7-10H,3-4,6,11-13H2,1-2H3,(H,18,21). The molecule has 1 aliphatic rings. The molecular formula is C17H24N2O3. The highest BCUT2D eigenvalue weighted by molar-refractivity contribution is 5.88. The van der Waals surface area contributed by atoms with Gasteiger partial charge in [-0.1, -0.05) is 38.0 Å². The number of nitrogens with zero attached hydrogens (tertiary/aromatic N) is 1. The lowest BCUT2D eigenvalue weighted by atomic mass is 9.92. The summed E-state index contributed by atoms with van der Waals surface area (Å²) in [6.07, 6.45) is 3.36. The van der Waals surface area contributed by atoms with E-state index in [1.807, 2.05) is 37.3 Å². The number of carbonyl (C=O) groups excluding carboxylic acids is 2. The topological polar surface area (TPSA) is 58.6 Å². The van der Waals surface area contributed by atoms with Gasteiger partial charge in [-0.2, -0.15) is 0 Å². The van der Waals surface area contributed by atoms with Crippen LogP contribution in [0.3, 0.4) is 0 Å². The largest absolute Gasteiger partial charge is 0.464 e. The summed E-state index contributed by atoms with van der Waals surface area (Å²) in [5, 5.41) is 1.80. The van der Waals surface area contributed by atoms with E-state index in [0.29, 0.717) is 13.0 Å². The Morgan fingerprint density at radius 2 is 2.05 bits per heavy atom. The van der Waals surface area contributed by atoms with Gasteiger partial charge in [0.05, 0.1) is 12.2 Å². The molecule has 5 nitrogen and oxygen atoms in total. The minimum Gasteiger partial charge on any atom is -0.464 e. The van der Waals surface area contributed by atoms with Gasteiger partial charge in [0.25, 0.3) is 0 Å². The fraction of sp³-hybridized carbons (Fsp3) is 0.529. The molecule has 22 heavy (non-hydrogen) atoms. The molecule has 1 saturated heterocycles. The van der Waals surface area contributed by atoms with Crippen LogP contribution >= 0.6 is 0 Å². The number of anilines is 1. The molecule has 1 amide bonds. The predicted octanol–water partition coefficient (Wildman–Crippen LogP) is 2.67. The van der Waals surface area contributed by atoms with Crippen LogP contribution in [0.25, 0.3) is 0 Å². The second kappa shape index (κ2) is 7.29. The van der Waals surface area contributed by atoms with Crippen LogP contribution in [0.15, 0.2) is 30.3 Å².